The molecule has 0 radical (unpaired) electrons. The Morgan fingerprint density at radius 2 is 1.85 bits per heavy atom. The molecule has 0 aliphatic rings. The number of non-ortho nitro benzene ring substituents is 1. The third kappa shape index (κ3) is 4.11. The second kappa shape index (κ2) is 6.94. The minimum Gasteiger partial charge on any atom is -0.459 e. The summed E-state index contributed by atoms with van der Waals surface area (Å²) in [6.45, 7) is 1.55. The van der Waals surface area contributed by atoms with Crippen molar-refractivity contribution >= 4 is 49.3 Å². The van der Waals surface area contributed by atoms with Crippen molar-refractivity contribution in [2.45, 2.75) is 23.2 Å². The molecule has 1 rings (SSSR count). The van der Waals surface area contributed by atoms with E-state index in [9.17, 15) is 19.7 Å². The number of Topliss-reactive ketones (excluding diaryl/α,β-unsaturated/α-hetero) is 1. The monoisotopic (exact) mass is 407 g/mol. The Kier molecular flexibility index (Phi) is 5.82. The van der Waals surface area contributed by atoms with E-state index in [0.29, 0.717) is 5.56 Å². The molecule has 1 aromatic rings. The lowest BCUT2D eigenvalue weighted by Crippen LogP contribution is -2.35. The van der Waals surface area contributed by atoms with Crippen LogP contribution in [0.4, 0.5) is 5.69 Å². The zero-order valence-electron chi connectivity index (χ0n) is 10.5. The Labute approximate surface area is 131 Å². The number of ketones is 1. The molecule has 0 aliphatic heterocycles. The SMILES string of the molecule is CCC(=O)C(Br)(Br)C(=O)OCc1ccc([N+](=O)[O-])cc1. The van der Waals surface area contributed by atoms with Crippen LogP contribution in [0.5, 0.6) is 0 Å². The lowest BCUT2D eigenvalue weighted by Gasteiger charge is -2.16. The molecule has 6 nitrogen and oxygen atoms in total. The fourth-order valence-corrected chi connectivity index (χ4v) is 2.08. The third-order valence-corrected chi connectivity index (χ3v) is 3.98. The number of nitro benzene ring substituents is 1. The molecular weight excluding hydrogens is 398 g/mol. The number of halogens is 2. The first-order chi connectivity index (χ1) is 9.28. The molecule has 0 spiro atoms. The van der Waals surface area contributed by atoms with E-state index in [1.54, 1.807) is 6.92 Å². The van der Waals surface area contributed by atoms with E-state index in [1.165, 1.54) is 24.3 Å². The number of hydrogen-bond acceptors (Lipinski definition) is 5. The van der Waals surface area contributed by atoms with Crippen molar-refractivity contribution in [3.63, 3.8) is 0 Å². The van der Waals surface area contributed by atoms with E-state index in [1.807, 2.05) is 0 Å². The average Bonchev–Trinajstić information content (AvgIpc) is 2.43. The van der Waals surface area contributed by atoms with Gasteiger partial charge >= 0.3 is 5.97 Å². The summed E-state index contributed by atoms with van der Waals surface area (Å²) in [6.07, 6.45) is 0.170. The Morgan fingerprint density at radius 3 is 2.30 bits per heavy atom. The topological polar surface area (TPSA) is 86.5 Å². The van der Waals surface area contributed by atoms with Crippen LogP contribution in [0.3, 0.4) is 0 Å². The maximum Gasteiger partial charge on any atom is 0.341 e. The minimum atomic E-state index is -1.55. The number of esters is 1. The number of ether oxygens (including phenoxy) is 1. The van der Waals surface area contributed by atoms with Crippen molar-refractivity contribution < 1.29 is 19.2 Å². The molecule has 0 saturated heterocycles. The smallest absolute Gasteiger partial charge is 0.341 e. The highest BCUT2D eigenvalue weighted by molar-refractivity contribution is 9.26. The zero-order chi connectivity index (χ0) is 15.3. The van der Waals surface area contributed by atoms with Crippen molar-refractivity contribution in [3.8, 4) is 0 Å². The molecule has 0 fully saturated rings. The van der Waals surface area contributed by atoms with E-state index in [2.05, 4.69) is 31.9 Å². The number of benzene rings is 1. The van der Waals surface area contributed by atoms with Gasteiger partial charge < -0.3 is 4.74 Å². The molecule has 8 heteroatoms. The number of nitro groups is 1. The van der Waals surface area contributed by atoms with Crippen LogP contribution in [-0.4, -0.2) is 19.9 Å². The first-order valence-electron chi connectivity index (χ1n) is 5.60. The Morgan fingerprint density at radius 1 is 1.30 bits per heavy atom. The number of carbonyl (C=O) groups excluding carboxylic acids is 2. The fraction of sp³-hybridized carbons (Fsp3) is 0.333. The number of carbonyl (C=O) groups is 2. The molecule has 0 bridgehead atoms. The summed E-state index contributed by atoms with van der Waals surface area (Å²) in [5.41, 5.74) is 0.542. The van der Waals surface area contributed by atoms with Crippen LogP contribution in [-0.2, 0) is 20.9 Å². The van der Waals surface area contributed by atoms with Gasteiger partial charge in [0.25, 0.3) is 5.69 Å². The molecule has 0 saturated carbocycles. The highest BCUT2D eigenvalue weighted by Gasteiger charge is 2.41. The van der Waals surface area contributed by atoms with Gasteiger partial charge in [-0.1, -0.05) is 38.8 Å². The van der Waals surface area contributed by atoms with Gasteiger partial charge in [0, 0.05) is 18.6 Å². The zero-order valence-corrected chi connectivity index (χ0v) is 13.6. The maximum absolute atomic E-state index is 11.8. The van der Waals surface area contributed by atoms with Crippen molar-refractivity contribution in [1.29, 1.82) is 0 Å². The summed E-state index contributed by atoms with van der Waals surface area (Å²) in [5.74, 6) is -1.12. The normalized spacial score (nSPS) is 10.9. The second-order valence-electron chi connectivity index (χ2n) is 3.85. The first-order valence-corrected chi connectivity index (χ1v) is 7.19. The predicted octanol–water partition coefficient (Wildman–Crippen LogP) is 3.10. The fourth-order valence-electron chi connectivity index (χ4n) is 1.29. The molecule has 0 atom stereocenters. The van der Waals surface area contributed by atoms with Gasteiger partial charge in [-0.15, -0.1) is 0 Å². The van der Waals surface area contributed by atoms with Gasteiger partial charge in [-0.25, -0.2) is 4.79 Å². The van der Waals surface area contributed by atoms with Gasteiger partial charge in [-0.2, -0.15) is 0 Å². The Hall–Kier alpha value is -1.28. The van der Waals surface area contributed by atoms with E-state index in [4.69, 9.17) is 4.74 Å². The summed E-state index contributed by atoms with van der Waals surface area (Å²) in [6, 6.07) is 5.60. The van der Waals surface area contributed by atoms with Gasteiger partial charge in [0.2, 0.25) is 3.23 Å². The van der Waals surface area contributed by atoms with Crippen LogP contribution >= 0.6 is 31.9 Å². The minimum absolute atomic E-state index is 0.0448. The first kappa shape index (κ1) is 16.8. The predicted molar refractivity (Wildman–Crippen MR) is 78.8 cm³/mol. The van der Waals surface area contributed by atoms with Crippen molar-refractivity contribution in [3.05, 3.63) is 39.9 Å². The van der Waals surface area contributed by atoms with E-state index in [0.717, 1.165) is 0 Å². The average molecular weight is 409 g/mol. The molecule has 1 aromatic carbocycles. The second-order valence-corrected chi connectivity index (χ2v) is 7.29. The quantitative estimate of drug-likeness (QED) is 0.237. The summed E-state index contributed by atoms with van der Waals surface area (Å²) in [4.78, 5) is 33.3. The van der Waals surface area contributed by atoms with Gasteiger partial charge in [0.15, 0.2) is 5.78 Å². The number of hydrogen-bond donors (Lipinski definition) is 0. The summed E-state index contributed by atoms with van der Waals surface area (Å²) in [7, 11) is 0. The third-order valence-electron chi connectivity index (χ3n) is 2.44. The summed E-state index contributed by atoms with van der Waals surface area (Å²) in [5, 5.41) is 10.5. The van der Waals surface area contributed by atoms with Crippen LogP contribution < -0.4 is 0 Å². The van der Waals surface area contributed by atoms with Crippen molar-refractivity contribution in [1.82, 2.24) is 0 Å². The number of alkyl halides is 2. The van der Waals surface area contributed by atoms with Crippen LogP contribution in [0, 0.1) is 10.1 Å². The van der Waals surface area contributed by atoms with Gasteiger partial charge in [-0.05, 0) is 17.7 Å². The molecule has 0 N–H and O–H groups in total. The van der Waals surface area contributed by atoms with Gasteiger partial charge in [0.05, 0.1) is 4.92 Å². The van der Waals surface area contributed by atoms with E-state index < -0.39 is 14.1 Å². The lowest BCUT2D eigenvalue weighted by atomic mass is 10.2. The Balaban J connectivity index is 2.65. The molecule has 0 unspecified atom stereocenters. The number of nitrogens with zero attached hydrogens (tertiary/aromatic N) is 1. The molecule has 0 heterocycles. The van der Waals surface area contributed by atoms with Crippen LogP contribution in [0.1, 0.15) is 18.9 Å². The van der Waals surface area contributed by atoms with Crippen LogP contribution in [0.15, 0.2) is 24.3 Å². The molecule has 0 aromatic heterocycles. The van der Waals surface area contributed by atoms with Gasteiger partial charge in [-0.3, -0.25) is 14.9 Å². The summed E-state index contributed by atoms with van der Waals surface area (Å²) < 4.78 is 3.45. The maximum atomic E-state index is 11.8. The lowest BCUT2D eigenvalue weighted by molar-refractivity contribution is -0.384. The van der Waals surface area contributed by atoms with E-state index >= 15 is 0 Å². The summed E-state index contributed by atoms with van der Waals surface area (Å²) >= 11 is 5.96. The molecule has 108 valence electrons. The number of rotatable bonds is 6. The van der Waals surface area contributed by atoms with Crippen LogP contribution in [0.2, 0.25) is 0 Å². The van der Waals surface area contributed by atoms with Crippen molar-refractivity contribution in [2.24, 2.45) is 0 Å². The van der Waals surface area contributed by atoms with Crippen LogP contribution in [0.25, 0.3) is 0 Å². The molecular formula is C12H11Br2NO5. The van der Waals surface area contributed by atoms with Crippen molar-refractivity contribution in [2.75, 3.05) is 0 Å². The molecule has 0 aliphatic carbocycles. The van der Waals surface area contributed by atoms with E-state index in [-0.39, 0.29) is 24.5 Å². The highest BCUT2D eigenvalue weighted by Crippen LogP contribution is 2.30. The molecule has 0 amide bonds. The highest BCUT2D eigenvalue weighted by atomic mass is 79.9. The largest absolute Gasteiger partial charge is 0.459 e. The Bertz CT molecular complexity index is 527. The molecule has 20 heavy (non-hydrogen) atoms. The standard InChI is InChI=1S/C12H11Br2NO5/c1-2-10(16)12(13,14)11(17)20-7-8-3-5-9(6-4-8)15(18)19/h3-6H,2,7H2,1H3. The van der Waals surface area contributed by atoms with Gasteiger partial charge in [0.1, 0.15) is 6.61 Å².